The topological polar surface area (TPSA) is 57.0 Å². The molecule has 0 unspecified atom stereocenters. The fourth-order valence-corrected chi connectivity index (χ4v) is 3.67. The van der Waals surface area contributed by atoms with Crippen LogP contribution in [0.1, 0.15) is 17.4 Å². The van der Waals surface area contributed by atoms with Crippen LogP contribution in [0, 0.1) is 0 Å². The average molecular weight is 439 g/mol. The molecule has 2 heterocycles. The van der Waals surface area contributed by atoms with Gasteiger partial charge in [0.15, 0.2) is 5.69 Å². The van der Waals surface area contributed by atoms with Crippen molar-refractivity contribution in [1.82, 2.24) is 14.8 Å². The van der Waals surface area contributed by atoms with E-state index in [9.17, 15) is 4.79 Å². The fourth-order valence-electron chi connectivity index (χ4n) is 2.09. The van der Waals surface area contributed by atoms with Crippen LogP contribution in [0.2, 0.25) is 5.02 Å². The molecule has 128 valence electrons. The molecule has 8 heteroatoms. The van der Waals surface area contributed by atoms with E-state index >= 15 is 0 Å². The van der Waals surface area contributed by atoms with Gasteiger partial charge in [0.1, 0.15) is 14.7 Å². The molecule has 2 aromatic heterocycles. The Morgan fingerprint density at radius 1 is 1.28 bits per heavy atom. The quantitative estimate of drug-likeness (QED) is 0.414. The second kappa shape index (κ2) is 8.03. The summed E-state index contributed by atoms with van der Waals surface area (Å²) in [5.74, 6) is -0.475. The number of halogens is 2. The molecular formula is C17H13BrClN3O2S. The zero-order chi connectivity index (χ0) is 17.8. The zero-order valence-corrected chi connectivity index (χ0v) is 16.3. The van der Waals surface area contributed by atoms with Crippen molar-refractivity contribution in [3.05, 3.63) is 63.9 Å². The van der Waals surface area contributed by atoms with E-state index in [1.165, 1.54) is 11.8 Å². The van der Waals surface area contributed by atoms with E-state index in [4.69, 9.17) is 16.3 Å². The van der Waals surface area contributed by atoms with E-state index in [0.29, 0.717) is 15.7 Å². The summed E-state index contributed by atoms with van der Waals surface area (Å²) in [6.45, 7) is 2.04. The first-order valence-corrected chi connectivity index (χ1v) is 9.39. The summed E-state index contributed by atoms with van der Waals surface area (Å²) in [5.41, 5.74) is 0.900. The third-order valence-corrected chi connectivity index (χ3v) is 4.84. The van der Waals surface area contributed by atoms with Crippen molar-refractivity contribution in [2.75, 3.05) is 6.61 Å². The van der Waals surface area contributed by atoms with Crippen molar-refractivity contribution in [2.45, 2.75) is 17.0 Å². The van der Waals surface area contributed by atoms with Gasteiger partial charge in [0.05, 0.1) is 17.3 Å². The Morgan fingerprint density at radius 3 is 2.80 bits per heavy atom. The molecule has 5 nitrogen and oxygen atoms in total. The lowest BCUT2D eigenvalue weighted by atomic mass is 10.3. The van der Waals surface area contributed by atoms with Crippen molar-refractivity contribution in [3.8, 4) is 5.69 Å². The van der Waals surface area contributed by atoms with Gasteiger partial charge in [-0.15, -0.1) is 0 Å². The molecule has 0 spiro atoms. The number of carbonyl (C=O) groups is 1. The largest absolute Gasteiger partial charge is 0.461 e. The number of esters is 1. The van der Waals surface area contributed by atoms with Crippen molar-refractivity contribution in [2.24, 2.45) is 0 Å². The molecule has 0 aliphatic carbocycles. The average Bonchev–Trinajstić information content (AvgIpc) is 2.99. The van der Waals surface area contributed by atoms with Gasteiger partial charge >= 0.3 is 5.97 Å². The highest BCUT2D eigenvalue weighted by molar-refractivity contribution is 9.10. The first-order valence-electron chi connectivity index (χ1n) is 7.41. The summed E-state index contributed by atoms with van der Waals surface area (Å²) in [7, 11) is 0. The molecule has 0 fully saturated rings. The predicted octanol–water partition coefficient (Wildman–Crippen LogP) is 5.01. The number of ether oxygens (including phenoxy) is 1. The lowest BCUT2D eigenvalue weighted by Crippen LogP contribution is -2.07. The number of aromatic nitrogens is 3. The third-order valence-electron chi connectivity index (χ3n) is 3.14. The predicted molar refractivity (Wildman–Crippen MR) is 101 cm³/mol. The molecule has 0 amide bonds. The van der Waals surface area contributed by atoms with Crippen LogP contribution in [-0.2, 0) is 4.74 Å². The van der Waals surface area contributed by atoms with E-state index in [1.54, 1.807) is 23.7 Å². The lowest BCUT2D eigenvalue weighted by molar-refractivity contribution is 0.0519. The van der Waals surface area contributed by atoms with E-state index < -0.39 is 5.97 Å². The summed E-state index contributed by atoms with van der Waals surface area (Å²) in [4.78, 5) is 16.5. The highest BCUT2D eigenvalue weighted by atomic mass is 79.9. The monoisotopic (exact) mass is 437 g/mol. The fraction of sp³-hybridized carbons (Fsp3) is 0.118. The Bertz CT molecular complexity index is 916. The maximum atomic E-state index is 12.1. The third kappa shape index (κ3) is 4.23. The molecule has 0 radical (unpaired) electrons. The minimum Gasteiger partial charge on any atom is -0.461 e. The summed E-state index contributed by atoms with van der Waals surface area (Å²) in [6, 6.07) is 14.6. The minimum absolute atomic E-state index is 0.222. The summed E-state index contributed by atoms with van der Waals surface area (Å²) in [6.07, 6.45) is 0. The van der Waals surface area contributed by atoms with Crippen molar-refractivity contribution in [1.29, 1.82) is 0 Å². The highest BCUT2D eigenvalue weighted by Crippen LogP contribution is 2.32. The smallest absolute Gasteiger partial charge is 0.358 e. The molecule has 3 rings (SSSR count). The maximum Gasteiger partial charge on any atom is 0.358 e. The van der Waals surface area contributed by atoms with Gasteiger partial charge in [-0.2, -0.15) is 5.10 Å². The summed E-state index contributed by atoms with van der Waals surface area (Å²) >= 11 is 11.0. The lowest BCUT2D eigenvalue weighted by Gasteiger charge is -2.08. The Labute approximate surface area is 162 Å². The highest BCUT2D eigenvalue weighted by Gasteiger charge is 2.19. The second-order valence-corrected chi connectivity index (χ2v) is 7.11. The number of pyridine rings is 1. The van der Waals surface area contributed by atoms with Gasteiger partial charge in [-0.1, -0.05) is 29.8 Å². The normalized spacial score (nSPS) is 10.7. The Kier molecular flexibility index (Phi) is 5.78. The number of carbonyl (C=O) groups excluding carboxylic acids is 1. The van der Waals surface area contributed by atoms with Gasteiger partial charge < -0.3 is 4.74 Å². The summed E-state index contributed by atoms with van der Waals surface area (Å²) < 4.78 is 7.41. The van der Waals surface area contributed by atoms with Crippen LogP contribution in [-0.4, -0.2) is 27.3 Å². The molecule has 1 aromatic carbocycles. The van der Waals surface area contributed by atoms with Crippen LogP contribution in [0.25, 0.3) is 5.69 Å². The maximum absolute atomic E-state index is 12.1. The first kappa shape index (κ1) is 18.0. The number of para-hydroxylation sites is 1. The van der Waals surface area contributed by atoms with Gasteiger partial charge in [-0.25, -0.2) is 14.5 Å². The molecular weight excluding hydrogens is 426 g/mol. The van der Waals surface area contributed by atoms with Crippen LogP contribution < -0.4 is 0 Å². The molecule has 0 aliphatic heterocycles. The number of nitrogens with zero attached hydrogens (tertiary/aromatic N) is 3. The van der Waals surface area contributed by atoms with Gasteiger partial charge in [0.25, 0.3) is 0 Å². The van der Waals surface area contributed by atoms with Crippen LogP contribution in [0.3, 0.4) is 0 Å². The van der Waals surface area contributed by atoms with E-state index in [2.05, 4.69) is 26.0 Å². The van der Waals surface area contributed by atoms with Crippen molar-refractivity contribution < 1.29 is 9.53 Å². The van der Waals surface area contributed by atoms with Gasteiger partial charge in [-0.3, -0.25) is 0 Å². The van der Waals surface area contributed by atoms with Gasteiger partial charge in [0.2, 0.25) is 0 Å². The molecule has 0 atom stereocenters. The minimum atomic E-state index is -0.475. The second-order valence-electron chi connectivity index (χ2n) is 4.85. The summed E-state index contributed by atoms with van der Waals surface area (Å²) in [5, 5.41) is 6.38. The van der Waals surface area contributed by atoms with E-state index in [-0.39, 0.29) is 12.3 Å². The van der Waals surface area contributed by atoms with Gasteiger partial charge in [-0.05, 0) is 58.9 Å². The zero-order valence-electron chi connectivity index (χ0n) is 13.1. The molecule has 0 saturated carbocycles. The Hall–Kier alpha value is -1.83. The number of rotatable bonds is 5. The van der Waals surface area contributed by atoms with Crippen LogP contribution in [0.15, 0.2) is 63.2 Å². The molecule has 25 heavy (non-hydrogen) atoms. The van der Waals surface area contributed by atoms with Crippen molar-refractivity contribution in [3.63, 3.8) is 0 Å². The number of hydrogen-bond donors (Lipinski definition) is 0. The number of hydrogen-bond acceptors (Lipinski definition) is 5. The van der Waals surface area contributed by atoms with Crippen LogP contribution in [0.5, 0.6) is 0 Å². The Balaban J connectivity index is 2.05. The van der Waals surface area contributed by atoms with Gasteiger partial charge in [0, 0.05) is 6.07 Å². The van der Waals surface area contributed by atoms with E-state index in [1.807, 2.05) is 36.4 Å². The Morgan fingerprint density at radius 2 is 2.08 bits per heavy atom. The molecule has 0 saturated heterocycles. The van der Waals surface area contributed by atoms with Crippen molar-refractivity contribution >= 4 is 45.3 Å². The first-order chi connectivity index (χ1) is 12.1. The van der Waals surface area contributed by atoms with E-state index in [0.717, 1.165) is 9.63 Å². The SMILES string of the molecule is CCOC(=O)c1cc(Sc2cccc(Br)n2)n(-c2ccccc2Cl)n1. The molecule has 0 aliphatic rings. The molecule has 0 bridgehead atoms. The standard InChI is InChI=1S/C17H13BrClN3O2S/c1-2-24-17(23)12-10-16(25-15-9-5-8-14(18)20-15)22(21-12)13-7-4-3-6-11(13)19/h3-10H,2H2,1H3. The van der Waals surface area contributed by atoms with Crippen LogP contribution in [0.4, 0.5) is 0 Å². The van der Waals surface area contributed by atoms with Crippen LogP contribution >= 0.6 is 39.3 Å². The molecule has 3 aromatic rings. The molecule has 0 N–H and O–H groups in total. The number of benzene rings is 1.